The Morgan fingerprint density at radius 2 is 2.05 bits per heavy atom. The van der Waals surface area contributed by atoms with E-state index >= 15 is 0 Å². The zero-order chi connectivity index (χ0) is 27.4. The fraction of sp³-hybridized carbons (Fsp3) is 0.571. The van der Waals surface area contributed by atoms with Crippen LogP contribution in [-0.2, 0) is 13.5 Å². The number of aromatic nitrogens is 6. The van der Waals surface area contributed by atoms with E-state index in [2.05, 4.69) is 42.3 Å². The number of carbonyl (C=O) groups is 1. The van der Waals surface area contributed by atoms with Gasteiger partial charge in [0.05, 0.1) is 12.1 Å². The van der Waals surface area contributed by atoms with Crippen molar-refractivity contribution in [2.45, 2.75) is 76.0 Å². The average Bonchev–Trinajstić information content (AvgIpc) is 3.66. The maximum atomic E-state index is 13.8. The van der Waals surface area contributed by atoms with E-state index < -0.39 is 5.92 Å². The van der Waals surface area contributed by atoms with Gasteiger partial charge in [-0.3, -0.25) is 4.79 Å². The summed E-state index contributed by atoms with van der Waals surface area (Å²) in [6, 6.07) is 1.77. The van der Waals surface area contributed by atoms with Gasteiger partial charge in [-0.1, -0.05) is 30.4 Å². The van der Waals surface area contributed by atoms with Gasteiger partial charge in [0.2, 0.25) is 5.69 Å². The third kappa shape index (κ3) is 5.93. The molecular weight excluding hydrogens is 502 g/mol. The molecule has 0 radical (unpaired) electrons. The van der Waals surface area contributed by atoms with E-state index in [0.717, 1.165) is 62.4 Å². The molecule has 0 unspecified atom stereocenters. The number of alkyl halides is 2. The molecule has 0 aromatic carbocycles. The number of nitrogens with zero attached hydrogens (tertiary/aromatic N) is 7. The standard InChI is InChI=1S/C28H32F2N8O/c1-31-21-14-22-24(27(39)38-13-12-20(18-38)25-33-35-36-34-25)23(37(2)26(22)32-17-21)11-9-7-5-3-4-6-8-10-19-15-28(29,30)16-19/h14,17,19-20H,3-7,9,11-13,15-16,18H2,2H3,(H,33,34,35,36)/t20-/m0/s1. The van der Waals surface area contributed by atoms with Crippen molar-refractivity contribution in [1.29, 1.82) is 0 Å². The van der Waals surface area contributed by atoms with Crippen LogP contribution in [0.25, 0.3) is 15.9 Å². The van der Waals surface area contributed by atoms with E-state index in [4.69, 9.17) is 6.57 Å². The number of unbranched alkanes of at least 4 members (excludes halogenated alkanes) is 5. The molecule has 2 fully saturated rings. The van der Waals surface area contributed by atoms with Crippen LogP contribution in [0.5, 0.6) is 0 Å². The lowest BCUT2D eigenvalue weighted by molar-refractivity contribution is -0.0936. The molecule has 204 valence electrons. The first kappa shape index (κ1) is 26.7. The van der Waals surface area contributed by atoms with Crippen LogP contribution in [0.4, 0.5) is 14.5 Å². The van der Waals surface area contributed by atoms with Crippen molar-refractivity contribution in [2.24, 2.45) is 13.0 Å². The number of amides is 1. The summed E-state index contributed by atoms with van der Waals surface area (Å²) in [6.45, 7) is 8.55. The van der Waals surface area contributed by atoms with Gasteiger partial charge in [-0.2, -0.15) is 5.21 Å². The van der Waals surface area contributed by atoms with E-state index in [1.807, 2.05) is 16.5 Å². The van der Waals surface area contributed by atoms with Crippen LogP contribution in [0.2, 0.25) is 0 Å². The zero-order valence-electron chi connectivity index (χ0n) is 22.1. The molecule has 1 N–H and O–H groups in total. The van der Waals surface area contributed by atoms with Crippen molar-refractivity contribution < 1.29 is 13.6 Å². The number of aromatic amines is 1. The number of nitrogens with one attached hydrogen (secondary N) is 1. The Balaban J connectivity index is 1.20. The highest BCUT2D eigenvalue weighted by Crippen LogP contribution is 2.41. The summed E-state index contributed by atoms with van der Waals surface area (Å²) in [5, 5.41) is 15.0. The Morgan fingerprint density at radius 3 is 2.79 bits per heavy atom. The normalized spacial score (nSPS) is 18.5. The maximum Gasteiger partial charge on any atom is 0.256 e. The summed E-state index contributed by atoms with van der Waals surface area (Å²) in [7, 11) is 1.93. The van der Waals surface area contributed by atoms with Crippen LogP contribution >= 0.6 is 0 Å². The summed E-state index contributed by atoms with van der Waals surface area (Å²) in [4.78, 5) is 23.7. The van der Waals surface area contributed by atoms with Crippen LogP contribution in [0.3, 0.4) is 0 Å². The first-order chi connectivity index (χ1) is 18.9. The molecule has 0 spiro atoms. The molecule has 39 heavy (non-hydrogen) atoms. The second-order valence-electron chi connectivity index (χ2n) is 10.6. The minimum atomic E-state index is -2.50. The molecule has 1 atom stereocenters. The fourth-order valence-electron chi connectivity index (χ4n) is 5.61. The number of hydrogen-bond donors (Lipinski definition) is 1. The fourth-order valence-corrected chi connectivity index (χ4v) is 5.61. The zero-order valence-corrected chi connectivity index (χ0v) is 22.1. The van der Waals surface area contributed by atoms with Gasteiger partial charge in [-0.15, -0.1) is 16.1 Å². The van der Waals surface area contributed by atoms with Crippen molar-refractivity contribution in [3.05, 3.63) is 40.8 Å². The summed E-state index contributed by atoms with van der Waals surface area (Å²) in [5.41, 5.74) is 2.69. The van der Waals surface area contributed by atoms with Gasteiger partial charge in [0, 0.05) is 68.5 Å². The van der Waals surface area contributed by atoms with Crippen molar-refractivity contribution in [3.63, 3.8) is 0 Å². The number of carbonyl (C=O) groups excluding carboxylic acids is 1. The average molecular weight is 535 g/mol. The number of likely N-dealkylation sites (tertiary alicyclic amines) is 1. The summed E-state index contributed by atoms with van der Waals surface area (Å²) in [6.07, 6.45) is 8.62. The number of hydrogen-bond acceptors (Lipinski definition) is 5. The Kier molecular flexibility index (Phi) is 7.87. The van der Waals surface area contributed by atoms with Gasteiger partial charge in [-0.05, 0) is 31.7 Å². The number of fused-ring (bicyclic) bond motifs is 1. The van der Waals surface area contributed by atoms with Crippen molar-refractivity contribution >= 4 is 22.6 Å². The van der Waals surface area contributed by atoms with E-state index in [0.29, 0.717) is 35.8 Å². The highest BCUT2D eigenvalue weighted by atomic mass is 19.3. The predicted octanol–water partition coefficient (Wildman–Crippen LogP) is 5.20. The lowest BCUT2D eigenvalue weighted by Crippen LogP contribution is -2.34. The Labute approximate surface area is 226 Å². The third-order valence-corrected chi connectivity index (χ3v) is 7.79. The third-order valence-electron chi connectivity index (χ3n) is 7.79. The van der Waals surface area contributed by atoms with Gasteiger partial charge in [-0.25, -0.2) is 18.6 Å². The van der Waals surface area contributed by atoms with Gasteiger partial charge in [0.15, 0.2) is 5.82 Å². The van der Waals surface area contributed by atoms with Crippen LogP contribution in [0, 0.1) is 24.3 Å². The Morgan fingerprint density at radius 1 is 1.26 bits per heavy atom. The van der Waals surface area contributed by atoms with Gasteiger partial charge in [0.1, 0.15) is 5.65 Å². The number of rotatable bonds is 9. The second-order valence-corrected chi connectivity index (χ2v) is 10.6. The monoisotopic (exact) mass is 534 g/mol. The number of aryl methyl sites for hydroxylation is 1. The van der Waals surface area contributed by atoms with E-state index in [-0.39, 0.29) is 30.6 Å². The molecule has 0 bridgehead atoms. The maximum absolute atomic E-state index is 13.8. The topological polar surface area (TPSA) is 96.9 Å². The van der Waals surface area contributed by atoms with Gasteiger partial charge < -0.3 is 9.47 Å². The number of H-pyrrole nitrogens is 1. The van der Waals surface area contributed by atoms with Crippen LogP contribution in [-0.4, -0.2) is 60.0 Å². The molecule has 1 saturated heterocycles. The quantitative estimate of drug-likeness (QED) is 0.231. The Hall–Kier alpha value is -3.86. The van der Waals surface area contributed by atoms with Crippen LogP contribution < -0.4 is 0 Å². The lowest BCUT2D eigenvalue weighted by Gasteiger charge is -2.31. The lowest BCUT2D eigenvalue weighted by atomic mass is 9.82. The molecule has 3 aromatic rings. The smallest absolute Gasteiger partial charge is 0.256 e. The molecule has 5 rings (SSSR count). The molecule has 1 saturated carbocycles. The molecule has 2 aliphatic rings. The van der Waals surface area contributed by atoms with Gasteiger partial charge >= 0.3 is 0 Å². The first-order valence-corrected chi connectivity index (χ1v) is 13.6. The molecule has 11 heteroatoms. The van der Waals surface area contributed by atoms with Crippen molar-refractivity contribution in [3.8, 4) is 11.8 Å². The van der Waals surface area contributed by atoms with Crippen LogP contribution in [0.15, 0.2) is 12.3 Å². The minimum absolute atomic E-state index is 0.0439. The SMILES string of the molecule is [C-]#[N+]c1cnc2c(c1)c(C(=O)N1CC[C@H](c3nn[nH]n3)C1)c(CCCCCCCC#CC1CC(F)(F)C1)n2C. The van der Waals surface area contributed by atoms with Crippen LogP contribution in [0.1, 0.15) is 85.6 Å². The van der Waals surface area contributed by atoms with Gasteiger partial charge in [0.25, 0.3) is 11.8 Å². The molecule has 3 aromatic heterocycles. The van der Waals surface area contributed by atoms with Crippen molar-refractivity contribution in [2.75, 3.05) is 13.1 Å². The van der Waals surface area contributed by atoms with E-state index in [1.54, 1.807) is 12.3 Å². The molecular formula is C28H32F2N8O. The first-order valence-electron chi connectivity index (χ1n) is 13.6. The predicted molar refractivity (Wildman–Crippen MR) is 141 cm³/mol. The molecule has 9 nitrogen and oxygen atoms in total. The Bertz CT molecular complexity index is 1420. The molecule has 1 aliphatic carbocycles. The molecule has 1 aliphatic heterocycles. The molecule has 4 heterocycles. The number of halogens is 2. The molecule has 1 amide bonds. The minimum Gasteiger partial charge on any atom is -0.338 e. The largest absolute Gasteiger partial charge is 0.338 e. The van der Waals surface area contributed by atoms with E-state index in [1.165, 1.54) is 0 Å². The summed E-state index contributed by atoms with van der Waals surface area (Å²) >= 11 is 0. The van der Waals surface area contributed by atoms with Crippen molar-refractivity contribution in [1.82, 2.24) is 35.1 Å². The number of pyridine rings is 1. The highest BCUT2D eigenvalue weighted by molar-refractivity contribution is 6.08. The highest BCUT2D eigenvalue weighted by Gasteiger charge is 2.44. The number of tetrazole rings is 1. The summed E-state index contributed by atoms with van der Waals surface area (Å²) < 4.78 is 27.8. The summed E-state index contributed by atoms with van der Waals surface area (Å²) in [5.74, 6) is 4.01. The van der Waals surface area contributed by atoms with E-state index in [9.17, 15) is 13.6 Å². The second kappa shape index (κ2) is 11.5.